The summed E-state index contributed by atoms with van der Waals surface area (Å²) < 4.78 is 0. The van der Waals surface area contributed by atoms with Crippen LogP contribution in [0.5, 0.6) is 0 Å². The van der Waals surface area contributed by atoms with Crippen LogP contribution in [-0.2, 0) is 24.9 Å². The lowest BCUT2D eigenvalue weighted by Gasteiger charge is -2.29. The topological polar surface area (TPSA) is 44.8 Å². The van der Waals surface area contributed by atoms with Gasteiger partial charge in [-0.25, -0.2) is 9.97 Å². The van der Waals surface area contributed by atoms with Gasteiger partial charge in [0.1, 0.15) is 5.82 Å². The second kappa shape index (κ2) is 5.71. The molecule has 0 amide bonds. The van der Waals surface area contributed by atoms with Crippen molar-refractivity contribution in [3.8, 4) is 0 Å². The van der Waals surface area contributed by atoms with E-state index in [0.29, 0.717) is 0 Å². The molecule has 4 rings (SSSR count). The monoisotopic (exact) mass is 320 g/mol. The highest BCUT2D eigenvalue weighted by molar-refractivity contribution is 5.82. The van der Waals surface area contributed by atoms with Crippen molar-refractivity contribution in [3.05, 3.63) is 59.3 Å². The number of nitrogens with zero attached hydrogens (tertiary/aromatic N) is 3. The van der Waals surface area contributed by atoms with E-state index in [2.05, 4.69) is 59.9 Å². The summed E-state index contributed by atoms with van der Waals surface area (Å²) in [6.07, 6.45) is 5.08. The molecule has 3 heterocycles. The second-order valence-corrected chi connectivity index (χ2v) is 7.73. The quantitative estimate of drug-likeness (QED) is 0.781. The highest BCUT2D eigenvalue weighted by atomic mass is 15.1. The standard InChI is InChI=1S/C20H24N4/c1-20(2,3)19-22-11-14-8-10-24(13-18(14)23-19)12-15-5-4-6-17-16(15)7-9-21-17/h4-7,9,11,21H,8,10,12-13H2,1-3H3. The maximum absolute atomic E-state index is 4.87. The van der Waals surface area contributed by atoms with Gasteiger partial charge in [-0.2, -0.15) is 0 Å². The van der Waals surface area contributed by atoms with Gasteiger partial charge in [0.05, 0.1) is 5.69 Å². The Hall–Kier alpha value is -2.20. The fourth-order valence-corrected chi connectivity index (χ4v) is 3.38. The molecule has 0 bridgehead atoms. The Labute approximate surface area is 142 Å². The summed E-state index contributed by atoms with van der Waals surface area (Å²) in [6, 6.07) is 8.66. The predicted octanol–water partition coefficient (Wildman–Crippen LogP) is 3.81. The summed E-state index contributed by atoms with van der Waals surface area (Å²) >= 11 is 0. The van der Waals surface area contributed by atoms with Crippen LogP contribution in [0.1, 0.15) is 43.4 Å². The van der Waals surface area contributed by atoms with E-state index in [1.54, 1.807) is 0 Å². The highest BCUT2D eigenvalue weighted by Gasteiger charge is 2.23. The molecule has 0 saturated carbocycles. The second-order valence-electron chi connectivity index (χ2n) is 7.73. The van der Waals surface area contributed by atoms with Crippen LogP contribution in [0, 0.1) is 0 Å². The third-order valence-corrected chi connectivity index (χ3v) is 4.77. The zero-order valence-electron chi connectivity index (χ0n) is 14.6. The van der Waals surface area contributed by atoms with Crippen molar-refractivity contribution in [2.24, 2.45) is 0 Å². The van der Waals surface area contributed by atoms with E-state index in [4.69, 9.17) is 4.98 Å². The first kappa shape index (κ1) is 15.3. The average molecular weight is 320 g/mol. The first-order chi connectivity index (χ1) is 11.5. The van der Waals surface area contributed by atoms with Crippen LogP contribution < -0.4 is 0 Å². The third kappa shape index (κ3) is 2.82. The Morgan fingerprint density at radius 2 is 2.08 bits per heavy atom. The average Bonchev–Trinajstić information content (AvgIpc) is 3.03. The zero-order chi connectivity index (χ0) is 16.7. The van der Waals surface area contributed by atoms with E-state index < -0.39 is 0 Å². The SMILES string of the molecule is CC(C)(C)c1ncc2c(n1)CN(Cc1cccc3[nH]ccc13)CC2. The summed E-state index contributed by atoms with van der Waals surface area (Å²) in [4.78, 5) is 15.2. The summed E-state index contributed by atoms with van der Waals surface area (Å²) in [6.45, 7) is 9.43. The number of rotatable bonds is 2. The molecule has 124 valence electrons. The van der Waals surface area contributed by atoms with E-state index >= 15 is 0 Å². The Balaban J connectivity index is 1.59. The molecule has 0 fully saturated rings. The molecule has 3 aromatic rings. The van der Waals surface area contributed by atoms with Crippen molar-refractivity contribution in [1.29, 1.82) is 0 Å². The van der Waals surface area contributed by atoms with Crippen LogP contribution >= 0.6 is 0 Å². The van der Waals surface area contributed by atoms with Gasteiger partial charge in [0, 0.05) is 48.3 Å². The number of H-pyrrole nitrogens is 1. The van der Waals surface area contributed by atoms with Gasteiger partial charge in [0.15, 0.2) is 0 Å². The van der Waals surface area contributed by atoms with Gasteiger partial charge < -0.3 is 4.98 Å². The molecule has 1 aromatic carbocycles. The molecule has 4 nitrogen and oxygen atoms in total. The minimum Gasteiger partial charge on any atom is -0.361 e. The highest BCUT2D eigenvalue weighted by Crippen LogP contribution is 2.25. The molecule has 0 atom stereocenters. The molecule has 24 heavy (non-hydrogen) atoms. The van der Waals surface area contributed by atoms with Crippen molar-refractivity contribution in [1.82, 2.24) is 19.9 Å². The number of hydrogen-bond donors (Lipinski definition) is 1. The number of aromatic nitrogens is 3. The van der Waals surface area contributed by atoms with E-state index in [1.807, 2.05) is 12.4 Å². The van der Waals surface area contributed by atoms with Gasteiger partial charge >= 0.3 is 0 Å². The predicted molar refractivity (Wildman–Crippen MR) is 96.8 cm³/mol. The zero-order valence-corrected chi connectivity index (χ0v) is 14.6. The van der Waals surface area contributed by atoms with E-state index in [1.165, 1.54) is 27.7 Å². The molecule has 4 heteroatoms. The van der Waals surface area contributed by atoms with Crippen LogP contribution in [0.15, 0.2) is 36.7 Å². The van der Waals surface area contributed by atoms with Gasteiger partial charge in [-0.15, -0.1) is 0 Å². The summed E-state index contributed by atoms with van der Waals surface area (Å²) in [5.41, 5.74) is 5.08. The van der Waals surface area contributed by atoms with Crippen molar-refractivity contribution in [2.75, 3.05) is 6.54 Å². The Morgan fingerprint density at radius 3 is 2.92 bits per heavy atom. The Kier molecular flexibility index (Phi) is 3.65. The molecule has 0 radical (unpaired) electrons. The molecule has 1 N–H and O–H groups in total. The van der Waals surface area contributed by atoms with Crippen LogP contribution in [0.3, 0.4) is 0 Å². The van der Waals surface area contributed by atoms with Crippen molar-refractivity contribution >= 4 is 10.9 Å². The normalized spacial score (nSPS) is 15.6. The smallest absolute Gasteiger partial charge is 0.133 e. The van der Waals surface area contributed by atoms with Gasteiger partial charge in [0.25, 0.3) is 0 Å². The van der Waals surface area contributed by atoms with Gasteiger partial charge in [0.2, 0.25) is 0 Å². The molecule has 2 aromatic heterocycles. The summed E-state index contributed by atoms with van der Waals surface area (Å²) in [5.74, 6) is 0.941. The number of nitrogens with one attached hydrogen (secondary N) is 1. The molecule has 0 aliphatic carbocycles. The number of benzene rings is 1. The summed E-state index contributed by atoms with van der Waals surface area (Å²) in [7, 11) is 0. The van der Waals surface area contributed by atoms with Crippen molar-refractivity contribution in [3.63, 3.8) is 0 Å². The largest absolute Gasteiger partial charge is 0.361 e. The molecule has 0 unspecified atom stereocenters. The van der Waals surface area contributed by atoms with Gasteiger partial charge in [-0.1, -0.05) is 32.9 Å². The van der Waals surface area contributed by atoms with E-state index in [0.717, 1.165) is 31.9 Å². The molecular formula is C20H24N4. The fourth-order valence-electron chi connectivity index (χ4n) is 3.38. The molecule has 0 spiro atoms. The molecule has 0 saturated heterocycles. The Bertz CT molecular complexity index is 873. The minimum atomic E-state index is -0.00593. The minimum absolute atomic E-state index is 0.00593. The van der Waals surface area contributed by atoms with Gasteiger partial charge in [-0.3, -0.25) is 4.90 Å². The molecular weight excluding hydrogens is 296 g/mol. The Morgan fingerprint density at radius 1 is 1.21 bits per heavy atom. The molecule has 1 aliphatic heterocycles. The van der Waals surface area contributed by atoms with Crippen LogP contribution in [0.25, 0.3) is 10.9 Å². The first-order valence-electron chi connectivity index (χ1n) is 8.63. The summed E-state index contributed by atoms with van der Waals surface area (Å²) in [5, 5.41) is 1.32. The van der Waals surface area contributed by atoms with E-state index in [9.17, 15) is 0 Å². The van der Waals surface area contributed by atoms with E-state index in [-0.39, 0.29) is 5.41 Å². The van der Waals surface area contributed by atoms with Crippen LogP contribution in [0.2, 0.25) is 0 Å². The fraction of sp³-hybridized carbons (Fsp3) is 0.400. The number of hydrogen-bond acceptors (Lipinski definition) is 3. The lowest BCUT2D eigenvalue weighted by atomic mass is 9.95. The van der Waals surface area contributed by atoms with Crippen molar-refractivity contribution in [2.45, 2.75) is 45.7 Å². The first-order valence-corrected chi connectivity index (χ1v) is 8.63. The maximum atomic E-state index is 4.87. The van der Waals surface area contributed by atoms with Crippen LogP contribution in [0.4, 0.5) is 0 Å². The lowest BCUT2D eigenvalue weighted by molar-refractivity contribution is 0.241. The number of aromatic amines is 1. The third-order valence-electron chi connectivity index (χ3n) is 4.77. The van der Waals surface area contributed by atoms with Gasteiger partial charge in [-0.05, 0) is 29.7 Å². The van der Waals surface area contributed by atoms with Crippen molar-refractivity contribution < 1.29 is 0 Å². The molecule has 1 aliphatic rings. The van der Waals surface area contributed by atoms with Crippen LogP contribution in [-0.4, -0.2) is 26.4 Å². The maximum Gasteiger partial charge on any atom is 0.133 e. The number of fused-ring (bicyclic) bond motifs is 2. The lowest BCUT2D eigenvalue weighted by Crippen LogP contribution is -2.32.